The molecule has 0 bridgehead atoms. The quantitative estimate of drug-likeness (QED) is 0.212. The fraction of sp³-hybridized carbons (Fsp3) is 0.357. The number of allylic oxidation sites excluding steroid dienone is 2. The highest BCUT2D eigenvalue weighted by Crippen LogP contribution is 2.26. The molecule has 2 aromatic carbocycles. The topological polar surface area (TPSA) is 68.7 Å². The molecule has 0 spiro atoms. The summed E-state index contributed by atoms with van der Waals surface area (Å²) in [4.78, 5) is 15.8. The van der Waals surface area contributed by atoms with Crippen LogP contribution in [0.5, 0.6) is 0 Å². The van der Waals surface area contributed by atoms with Gasteiger partial charge >= 0.3 is 0 Å². The van der Waals surface area contributed by atoms with Gasteiger partial charge in [0.25, 0.3) is 0 Å². The molecule has 0 saturated heterocycles. The number of para-hydroxylation sites is 1. The third kappa shape index (κ3) is 7.81. The molecule has 0 saturated carbocycles. The first kappa shape index (κ1) is 24.6. The minimum Gasteiger partial charge on any atom is -0.512 e. The molecule has 0 aliphatic carbocycles. The molecule has 0 fully saturated rings. The van der Waals surface area contributed by atoms with Gasteiger partial charge in [0, 0.05) is 30.1 Å². The molecule has 5 nitrogen and oxygen atoms in total. The van der Waals surface area contributed by atoms with Crippen LogP contribution in [-0.2, 0) is 20.7 Å². The van der Waals surface area contributed by atoms with E-state index in [1.807, 2.05) is 12.1 Å². The molecule has 0 atom stereocenters. The van der Waals surface area contributed by atoms with E-state index in [9.17, 15) is 9.90 Å². The molecule has 5 heteroatoms. The number of carbonyl (C=O) groups excluding carboxylic acids is 1. The van der Waals surface area contributed by atoms with E-state index in [1.54, 1.807) is 0 Å². The van der Waals surface area contributed by atoms with Crippen molar-refractivity contribution in [2.75, 3.05) is 26.4 Å². The molecule has 1 aromatic heterocycles. The molecule has 1 N–H and O–H groups in total. The average Bonchev–Trinajstić information content (AvgIpc) is 2.76. The second-order valence-corrected chi connectivity index (χ2v) is 8.38. The van der Waals surface area contributed by atoms with Gasteiger partial charge in [0.05, 0.1) is 36.8 Å². The number of nitrogens with zero attached hydrogens (tertiary/aromatic N) is 1. The molecule has 0 unspecified atom stereocenters. The van der Waals surface area contributed by atoms with E-state index in [-0.39, 0.29) is 11.5 Å². The van der Waals surface area contributed by atoms with Crippen LogP contribution in [0.4, 0.5) is 0 Å². The number of aliphatic hydroxyl groups excluding tert-OH is 1. The molecule has 33 heavy (non-hydrogen) atoms. The van der Waals surface area contributed by atoms with Crippen LogP contribution in [-0.4, -0.2) is 42.3 Å². The zero-order valence-corrected chi connectivity index (χ0v) is 19.8. The first-order valence-electron chi connectivity index (χ1n) is 11.5. The summed E-state index contributed by atoms with van der Waals surface area (Å²) in [5, 5.41) is 10.7. The van der Waals surface area contributed by atoms with Gasteiger partial charge in [0.15, 0.2) is 5.78 Å². The van der Waals surface area contributed by atoms with E-state index in [4.69, 9.17) is 14.5 Å². The van der Waals surface area contributed by atoms with Crippen molar-refractivity contribution in [1.29, 1.82) is 0 Å². The van der Waals surface area contributed by atoms with Crippen LogP contribution in [0, 0.1) is 13.8 Å². The fourth-order valence-corrected chi connectivity index (χ4v) is 3.89. The lowest BCUT2D eigenvalue weighted by Crippen LogP contribution is -2.08. The lowest BCUT2D eigenvalue weighted by Gasteiger charge is -2.12. The zero-order chi connectivity index (χ0) is 23.6. The Morgan fingerprint density at radius 1 is 0.970 bits per heavy atom. The monoisotopic (exact) mass is 447 g/mol. The molecule has 3 aromatic rings. The Bertz CT molecular complexity index is 1100. The van der Waals surface area contributed by atoms with Gasteiger partial charge in [0.1, 0.15) is 0 Å². The highest BCUT2D eigenvalue weighted by molar-refractivity contribution is 5.87. The SMILES string of the molecule is CC(=O)C=C(O)CCCOCCOCCc1cc(-c2cc(C)cc(C)c2)nc2ccccc12. The van der Waals surface area contributed by atoms with Gasteiger partial charge in [-0.2, -0.15) is 0 Å². The van der Waals surface area contributed by atoms with E-state index in [1.165, 1.54) is 29.7 Å². The maximum absolute atomic E-state index is 10.9. The van der Waals surface area contributed by atoms with Crippen molar-refractivity contribution in [2.24, 2.45) is 0 Å². The number of hydrogen-bond acceptors (Lipinski definition) is 5. The van der Waals surface area contributed by atoms with Crippen LogP contribution < -0.4 is 0 Å². The summed E-state index contributed by atoms with van der Waals surface area (Å²) in [5.41, 5.74) is 6.81. The molecular formula is C28H33NO4. The van der Waals surface area contributed by atoms with E-state index in [2.05, 4.69) is 50.2 Å². The maximum atomic E-state index is 10.9. The number of ether oxygens (including phenoxy) is 2. The Kier molecular flexibility index (Phi) is 9.16. The van der Waals surface area contributed by atoms with Crippen molar-refractivity contribution in [1.82, 2.24) is 4.98 Å². The third-order valence-corrected chi connectivity index (χ3v) is 5.30. The van der Waals surface area contributed by atoms with E-state index < -0.39 is 0 Å². The van der Waals surface area contributed by atoms with Gasteiger partial charge in [-0.15, -0.1) is 0 Å². The smallest absolute Gasteiger partial charge is 0.155 e. The summed E-state index contributed by atoms with van der Waals surface area (Å²) in [6.45, 7) is 7.78. The Hall–Kier alpha value is -3.02. The highest BCUT2D eigenvalue weighted by atomic mass is 16.5. The number of aryl methyl sites for hydroxylation is 2. The largest absolute Gasteiger partial charge is 0.512 e. The minimum atomic E-state index is -0.148. The standard InChI is InChI=1S/C28H33NO4/c1-20-15-21(2)17-24(16-20)28-19-23(26-8-4-5-9-27(26)29-28)10-12-33-14-13-32-11-6-7-25(31)18-22(3)30/h4-5,8-9,15-19,31H,6-7,10-14H2,1-3H3. The van der Waals surface area contributed by atoms with Gasteiger partial charge in [-0.25, -0.2) is 4.98 Å². The van der Waals surface area contributed by atoms with Crippen LogP contribution in [0.3, 0.4) is 0 Å². The third-order valence-electron chi connectivity index (χ3n) is 5.30. The summed E-state index contributed by atoms with van der Waals surface area (Å²) in [7, 11) is 0. The molecular weight excluding hydrogens is 414 g/mol. The summed E-state index contributed by atoms with van der Waals surface area (Å²) in [6.07, 6.45) is 3.15. The van der Waals surface area contributed by atoms with Crippen LogP contribution in [0.1, 0.15) is 36.5 Å². The molecule has 174 valence electrons. The molecule has 0 radical (unpaired) electrons. The molecule has 1 heterocycles. The molecule has 0 aliphatic rings. The number of ketones is 1. The Labute approximate surface area is 196 Å². The highest BCUT2D eigenvalue weighted by Gasteiger charge is 2.09. The summed E-state index contributed by atoms with van der Waals surface area (Å²) in [5.74, 6) is -0.0444. The number of benzene rings is 2. The normalized spacial score (nSPS) is 11.8. The number of rotatable bonds is 12. The Morgan fingerprint density at radius 3 is 2.39 bits per heavy atom. The van der Waals surface area contributed by atoms with Crippen molar-refractivity contribution in [3.63, 3.8) is 0 Å². The van der Waals surface area contributed by atoms with Crippen molar-refractivity contribution in [2.45, 2.75) is 40.0 Å². The van der Waals surface area contributed by atoms with Crippen molar-refractivity contribution < 1.29 is 19.4 Å². The van der Waals surface area contributed by atoms with Crippen molar-refractivity contribution in [3.8, 4) is 11.3 Å². The van der Waals surface area contributed by atoms with E-state index in [0.717, 1.165) is 28.6 Å². The maximum Gasteiger partial charge on any atom is 0.155 e. The average molecular weight is 448 g/mol. The molecule has 0 amide bonds. The second kappa shape index (κ2) is 12.3. The fourth-order valence-electron chi connectivity index (χ4n) is 3.89. The van der Waals surface area contributed by atoms with Crippen LogP contribution in [0.25, 0.3) is 22.2 Å². The first-order valence-corrected chi connectivity index (χ1v) is 11.5. The van der Waals surface area contributed by atoms with E-state index in [0.29, 0.717) is 39.3 Å². The Balaban J connectivity index is 1.51. The van der Waals surface area contributed by atoms with E-state index >= 15 is 0 Å². The summed E-state index contributed by atoms with van der Waals surface area (Å²) < 4.78 is 11.4. The number of hydrogen-bond donors (Lipinski definition) is 1. The number of pyridine rings is 1. The molecule has 0 aliphatic heterocycles. The number of aliphatic hydroxyl groups is 1. The number of aromatic nitrogens is 1. The lowest BCUT2D eigenvalue weighted by atomic mass is 10.00. The predicted molar refractivity (Wildman–Crippen MR) is 133 cm³/mol. The minimum absolute atomic E-state index is 0.104. The molecule has 3 rings (SSSR count). The van der Waals surface area contributed by atoms with Crippen LogP contribution >= 0.6 is 0 Å². The van der Waals surface area contributed by atoms with Crippen LogP contribution in [0.15, 0.2) is 60.4 Å². The summed E-state index contributed by atoms with van der Waals surface area (Å²) >= 11 is 0. The number of fused-ring (bicyclic) bond motifs is 1. The van der Waals surface area contributed by atoms with Gasteiger partial charge in [0.2, 0.25) is 0 Å². The lowest BCUT2D eigenvalue weighted by molar-refractivity contribution is -0.112. The van der Waals surface area contributed by atoms with Gasteiger partial charge < -0.3 is 14.6 Å². The van der Waals surface area contributed by atoms with Gasteiger partial charge in [-0.1, -0.05) is 35.4 Å². The first-order chi connectivity index (χ1) is 15.9. The second-order valence-electron chi connectivity index (χ2n) is 8.38. The zero-order valence-electron chi connectivity index (χ0n) is 19.8. The van der Waals surface area contributed by atoms with Crippen molar-refractivity contribution in [3.05, 3.63) is 77.1 Å². The van der Waals surface area contributed by atoms with Gasteiger partial charge in [-0.3, -0.25) is 4.79 Å². The van der Waals surface area contributed by atoms with Gasteiger partial charge in [-0.05, 0) is 63.4 Å². The Morgan fingerprint density at radius 2 is 1.67 bits per heavy atom. The van der Waals surface area contributed by atoms with Crippen molar-refractivity contribution >= 4 is 16.7 Å². The summed E-state index contributed by atoms with van der Waals surface area (Å²) in [6, 6.07) is 16.9. The predicted octanol–water partition coefficient (Wildman–Crippen LogP) is 5.91. The van der Waals surface area contributed by atoms with Crippen LogP contribution in [0.2, 0.25) is 0 Å². The number of carbonyl (C=O) groups is 1.